The van der Waals surface area contributed by atoms with E-state index in [9.17, 15) is 9.50 Å². The Kier molecular flexibility index (Phi) is 9.72. The zero-order chi connectivity index (χ0) is 32.5. The van der Waals surface area contributed by atoms with Gasteiger partial charge in [0.25, 0.3) is 0 Å². The van der Waals surface area contributed by atoms with Gasteiger partial charge in [-0.25, -0.2) is 9.37 Å². The number of hydrogen-bond donors (Lipinski definition) is 3. The molecule has 0 saturated heterocycles. The minimum Gasteiger partial charge on any atom is -0.497 e. The molecule has 0 bridgehead atoms. The number of aliphatic hydroxyl groups is 1. The summed E-state index contributed by atoms with van der Waals surface area (Å²) in [5.41, 5.74) is 5.23. The Labute approximate surface area is 270 Å². The van der Waals surface area contributed by atoms with Crippen molar-refractivity contribution >= 4 is 41.7 Å². The Balaban J connectivity index is 1.62. The van der Waals surface area contributed by atoms with Gasteiger partial charge in [0.2, 0.25) is 0 Å². The number of methoxy groups -OCH3 is 1. The molecule has 5 aromatic rings. The van der Waals surface area contributed by atoms with Crippen LogP contribution in [0.2, 0.25) is 21.6 Å². The van der Waals surface area contributed by atoms with Crippen molar-refractivity contribution in [1.29, 1.82) is 0 Å². The van der Waals surface area contributed by atoms with Crippen molar-refractivity contribution in [3.8, 4) is 5.75 Å². The molecular formula is C35H43ClFN5O2Si. The van der Waals surface area contributed by atoms with Crippen LogP contribution in [0.25, 0.3) is 11.0 Å². The Bertz CT molecular complexity index is 1730. The molecule has 0 fully saturated rings. The van der Waals surface area contributed by atoms with Gasteiger partial charge >= 0.3 is 0 Å². The molecule has 3 aromatic heterocycles. The average Bonchev–Trinajstić information content (AvgIpc) is 3.62. The van der Waals surface area contributed by atoms with Gasteiger partial charge in [-0.3, -0.25) is 4.68 Å². The number of aromatic amines is 1. The first-order valence-electron chi connectivity index (χ1n) is 15.5. The van der Waals surface area contributed by atoms with E-state index < -0.39 is 14.2 Å². The lowest BCUT2D eigenvalue weighted by atomic mass is 10.1. The highest BCUT2D eigenvalue weighted by atomic mass is 35.5. The molecular weight excluding hydrogens is 605 g/mol. The summed E-state index contributed by atoms with van der Waals surface area (Å²) in [7, 11) is -0.623. The molecule has 0 aliphatic rings. The van der Waals surface area contributed by atoms with Crippen LogP contribution in [0.1, 0.15) is 70.0 Å². The van der Waals surface area contributed by atoms with Crippen molar-refractivity contribution in [2.24, 2.45) is 0 Å². The maximum absolute atomic E-state index is 13.5. The summed E-state index contributed by atoms with van der Waals surface area (Å²) in [6.07, 6.45) is 2.60. The standard InChI is InChI=1S/C35H43ClFN5O2Si/c1-21(2)45(22(3)4,23(5)6)34-29(36)19-40-35-32(34)28(18-39-35)33(43)30-16-31(38-17-24-8-12-26(37)13-9-24)41-42(30)20-25-10-14-27(44-7)15-11-25/h8-16,18-19,21-23,33,43H,17,20H2,1-7H3,(H,38,41)(H,39,40). The van der Waals surface area contributed by atoms with Crippen molar-refractivity contribution in [2.45, 2.75) is 77.4 Å². The number of aromatic nitrogens is 4. The molecule has 45 heavy (non-hydrogen) atoms. The predicted molar refractivity (Wildman–Crippen MR) is 184 cm³/mol. The zero-order valence-electron chi connectivity index (χ0n) is 27.0. The first-order chi connectivity index (χ1) is 21.5. The summed E-state index contributed by atoms with van der Waals surface area (Å²) >= 11 is 7.09. The molecule has 7 nitrogen and oxygen atoms in total. The summed E-state index contributed by atoms with van der Waals surface area (Å²) in [6.45, 7) is 14.7. The van der Waals surface area contributed by atoms with Crippen LogP contribution in [0.5, 0.6) is 5.75 Å². The number of nitrogens with one attached hydrogen (secondary N) is 2. The van der Waals surface area contributed by atoms with Crippen LogP contribution in [0.4, 0.5) is 10.2 Å². The molecule has 1 atom stereocenters. The molecule has 2 aromatic carbocycles. The topological polar surface area (TPSA) is 88.0 Å². The van der Waals surface area contributed by atoms with Gasteiger partial charge < -0.3 is 20.1 Å². The fourth-order valence-electron chi connectivity index (χ4n) is 7.32. The number of nitrogens with zero attached hydrogens (tertiary/aromatic N) is 3. The second-order valence-corrected chi connectivity index (χ2v) is 18.9. The molecule has 0 aliphatic heterocycles. The van der Waals surface area contributed by atoms with Gasteiger partial charge in [-0.15, -0.1) is 0 Å². The minimum absolute atomic E-state index is 0.278. The third-order valence-electron chi connectivity index (χ3n) is 9.25. The summed E-state index contributed by atoms with van der Waals surface area (Å²) in [5.74, 6) is 1.10. The quantitative estimate of drug-likeness (QED) is 0.119. The van der Waals surface area contributed by atoms with Crippen LogP contribution < -0.4 is 15.2 Å². The zero-order valence-corrected chi connectivity index (χ0v) is 28.8. The third-order valence-corrected chi connectivity index (χ3v) is 16.8. The highest BCUT2D eigenvalue weighted by Gasteiger charge is 2.47. The van der Waals surface area contributed by atoms with Crippen molar-refractivity contribution in [2.75, 3.05) is 12.4 Å². The van der Waals surface area contributed by atoms with Crippen molar-refractivity contribution in [3.05, 3.63) is 100 Å². The molecule has 0 amide bonds. The number of benzene rings is 2. The summed E-state index contributed by atoms with van der Waals surface area (Å²) in [6, 6.07) is 16.1. The van der Waals surface area contributed by atoms with Crippen molar-refractivity contribution in [1.82, 2.24) is 19.7 Å². The third kappa shape index (κ3) is 6.26. The Morgan fingerprint density at radius 1 is 0.978 bits per heavy atom. The highest BCUT2D eigenvalue weighted by Crippen LogP contribution is 2.44. The lowest BCUT2D eigenvalue weighted by Gasteiger charge is -2.44. The summed E-state index contributed by atoms with van der Waals surface area (Å²) in [4.78, 5) is 8.00. The second-order valence-electron chi connectivity index (χ2n) is 12.7. The minimum atomic E-state index is -2.26. The number of anilines is 1. The van der Waals surface area contributed by atoms with Gasteiger partial charge in [0.15, 0.2) is 0 Å². The van der Waals surface area contributed by atoms with Gasteiger partial charge in [0.1, 0.15) is 29.1 Å². The van der Waals surface area contributed by atoms with Gasteiger partial charge in [0.05, 0.1) is 32.4 Å². The lowest BCUT2D eigenvalue weighted by Crippen LogP contribution is -2.56. The van der Waals surface area contributed by atoms with Gasteiger partial charge in [-0.05, 0) is 57.2 Å². The molecule has 3 heterocycles. The van der Waals surface area contributed by atoms with Gasteiger partial charge in [-0.2, -0.15) is 5.10 Å². The number of H-pyrrole nitrogens is 1. The number of pyridine rings is 1. The maximum atomic E-state index is 13.5. The number of aliphatic hydroxyl groups excluding tert-OH is 1. The fraction of sp³-hybridized carbons (Fsp3) is 0.371. The van der Waals surface area contributed by atoms with Crippen LogP contribution in [-0.4, -0.2) is 40.0 Å². The molecule has 0 radical (unpaired) electrons. The number of hydrogen-bond acceptors (Lipinski definition) is 5. The molecule has 0 aliphatic carbocycles. The predicted octanol–water partition coefficient (Wildman–Crippen LogP) is 8.19. The SMILES string of the molecule is COc1ccc(Cn2nc(NCc3ccc(F)cc3)cc2C(O)c2c[nH]c3ncc(Cl)c([Si](C(C)C)(C(C)C)C(C)C)c23)cc1. The van der Waals surface area contributed by atoms with Crippen LogP contribution >= 0.6 is 11.6 Å². The summed E-state index contributed by atoms with van der Waals surface area (Å²) in [5, 5.41) is 23.2. The largest absolute Gasteiger partial charge is 0.497 e. The van der Waals surface area contributed by atoms with E-state index in [2.05, 4.69) is 56.8 Å². The Morgan fingerprint density at radius 2 is 1.60 bits per heavy atom. The molecule has 1 unspecified atom stereocenters. The van der Waals surface area contributed by atoms with E-state index in [4.69, 9.17) is 21.4 Å². The van der Waals surface area contributed by atoms with Crippen LogP contribution in [0, 0.1) is 5.82 Å². The molecule has 0 saturated carbocycles. The monoisotopic (exact) mass is 647 g/mol. The van der Waals surface area contributed by atoms with E-state index in [1.807, 2.05) is 41.2 Å². The lowest BCUT2D eigenvalue weighted by molar-refractivity contribution is 0.210. The van der Waals surface area contributed by atoms with Crippen LogP contribution in [-0.2, 0) is 13.1 Å². The number of ether oxygens (including phenoxy) is 1. The van der Waals surface area contributed by atoms with Crippen molar-refractivity contribution < 1.29 is 14.2 Å². The van der Waals surface area contributed by atoms with Crippen LogP contribution in [0.15, 0.2) is 67.0 Å². The number of halogens is 2. The van der Waals surface area contributed by atoms with E-state index in [-0.39, 0.29) is 5.82 Å². The normalized spacial score (nSPS) is 12.9. The molecule has 5 rings (SSSR count). The number of rotatable bonds is 12. The van der Waals surface area contributed by atoms with Gasteiger partial charge in [-0.1, -0.05) is 77.4 Å². The average molecular weight is 648 g/mol. The van der Waals surface area contributed by atoms with Crippen molar-refractivity contribution in [3.63, 3.8) is 0 Å². The van der Waals surface area contributed by atoms with E-state index in [1.165, 1.54) is 12.1 Å². The summed E-state index contributed by atoms with van der Waals surface area (Å²) < 4.78 is 20.6. The first kappa shape index (κ1) is 32.7. The smallest absolute Gasteiger partial charge is 0.148 e. The maximum Gasteiger partial charge on any atom is 0.148 e. The molecule has 238 valence electrons. The fourth-order valence-corrected chi connectivity index (χ4v) is 14.9. The van der Waals surface area contributed by atoms with E-state index in [1.54, 1.807) is 25.4 Å². The first-order valence-corrected chi connectivity index (χ1v) is 18.1. The number of fused-ring (bicyclic) bond motifs is 1. The second kappa shape index (κ2) is 13.4. The van der Waals surface area contributed by atoms with E-state index >= 15 is 0 Å². The highest BCUT2D eigenvalue weighted by molar-refractivity contribution is 6.97. The Hall–Kier alpha value is -3.66. The van der Waals surface area contributed by atoms with Gasteiger partial charge in [0, 0.05) is 36.0 Å². The van der Waals surface area contributed by atoms with Crippen LogP contribution in [0.3, 0.4) is 0 Å². The molecule has 3 N–H and O–H groups in total. The Morgan fingerprint density at radius 3 is 2.20 bits per heavy atom. The van der Waals surface area contributed by atoms with E-state index in [0.717, 1.165) is 38.7 Å². The van der Waals surface area contributed by atoms with E-state index in [0.29, 0.717) is 46.2 Å². The molecule has 10 heteroatoms. The molecule has 0 spiro atoms.